The topological polar surface area (TPSA) is 70.4 Å². The number of carboxylic acids is 1. The summed E-state index contributed by atoms with van der Waals surface area (Å²) in [7, 11) is 0. The van der Waals surface area contributed by atoms with Crippen LogP contribution in [0, 0.1) is 0 Å². The molecular formula is C10H11NO3. The van der Waals surface area contributed by atoms with Crippen LogP contribution in [-0.2, 0) is 16.8 Å². The number of fused-ring (bicyclic) bond motifs is 1. The molecule has 1 heterocycles. The van der Waals surface area contributed by atoms with E-state index in [0.29, 0.717) is 17.7 Å². The molecule has 0 radical (unpaired) electrons. The van der Waals surface area contributed by atoms with Crippen molar-refractivity contribution in [3.8, 4) is 0 Å². The van der Waals surface area contributed by atoms with Crippen LogP contribution in [0.1, 0.15) is 24.1 Å². The summed E-state index contributed by atoms with van der Waals surface area (Å²) in [6.07, 6.45) is 3.28. The molecule has 0 fully saturated rings. The monoisotopic (exact) mass is 193 g/mol. The van der Waals surface area contributed by atoms with Crippen molar-refractivity contribution in [3.05, 3.63) is 29.6 Å². The molecule has 2 N–H and O–H groups in total. The molecule has 0 aliphatic heterocycles. The number of hydrogen-bond donors (Lipinski definition) is 2. The number of aliphatic hydroxyl groups is 1. The van der Waals surface area contributed by atoms with Crippen LogP contribution in [0.3, 0.4) is 0 Å². The number of nitrogens with zero attached hydrogens (tertiary/aromatic N) is 1. The van der Waals surface area contributed by atoms with Gasteiger partial charge in [0, 0.05) is 17.5 Å². The summed E-state index contributed by atoms with van der Waals surface area (Å²) in [5.74, 6) is -1.19. The maximum absolute atomic E-state index is 11.0. The highest BCUT2D eigenvalue weighted by Gasteiger charge is 2.41. The zero-order valence-corrected chi connectivity index (χ0v) is 7.60. The summed E-state index contributed by atoms with van der Waals surface area (Å²) in [6.45, 7) is 0. The van der Waals surface area contributed by atoms with Crippen LogP contribution in [0.25, 0.3) is 0 Å². The molecule has 0 amide bonds. The van der Waals surface area contributed by atoms with Gasteiger partial charge in [0.1, 0.15) is 0 Å². The first-order valence-electron chi connectivity index (χ1n) is 4.55. The molecule has 0 saturated carbocycles. The molecule has 14 heavy (non-hydrogen) atoms. The molecule has 1 aromatic rings. The number of pyridine rings is 1. The molecule has 0 spiro atoms. The van der Waals surface area contributed by atoms with Gasteiger partial charge in [-0.05, 0) is 25.3 Å². The first-order valence-corrected chi connectivity index (χ1v) is 4.55. The summed E-state index contributed by atoms with van der Waals surface area (Å²) in [6, 6.07) is 3.29. The second-order valence-corrected chi connectivity index (χ2v) is 3.52. The van der Waals surface area contributed by atoms with Crippen molar-refractivity contribution >= 4 is 5.97 Å². The van der Waals surface area contributed by atoms with E-state index in [2.05, 4.69) is 4.98 Å². The number of carboxylic acid groups (broad SMARTS) is 1. The van der Waals surface area contributed by atoms with Crippen molar-refractivity contribution in [2.24, 2.45) is 0 Å². The summed E-state index contributed by atoms with van der Waals surface area (Å²) in [5.41, 5.74) is -0.593. The Morgan fingerprint density at radius 2 is 2.36 bits per heavy atom. The van der Waals surface area contributed by atoms with E-state index in [1.165, 1.54) is 0 Å². The zero-order valence-electron chi connectivity index (χ0n) is 7.60. The summed E-state index contributed by atoms with van der Waals surface area (Å²) in [4.78, 5) is 15.0. The normalized spacial score (nSPS) is 25.5. The number of carbonyl (C=O) groups is 1. The fourth-order valence-corrected chi connectivity index (χ4v) is 1.88. The van der Waals surface area contributed by atoms with E-state index in [1.807, 2.05) is 0 Å². The predicted molar refractivity (Wildman–Crippen MR) is 48.7 cm³/mol. The third kappa shape index (κ3) is 1.19. The van der Waals surface area contributed by atoms with Crippen molar-refractivity contribution in [1.82, 2.24) is 4.98 Å². The summed E-state index contributed by atoms with van der Waals surface area (Å²) < 4.78 is 0. The average molecular weight is 193 g/mol. The van der Waals surface area contributed by atoms with Gasteiger partial charge in [-0.25, -0.2) is 4.79 Å². The van der Waals surface area contributed by atoms with Gasteiger partial charge >= 0.3 is 5.97 Å². The first kappa shape index (κ1) is 9.15. The molecule has 1 aromatic heterocycles. The van der Waals surface area contributed by atoms with Gasteiger partial charge in [-0.1, -0.05) is 6.07 Å². The molecule has 0 bridgehead atoms. The van der Waals surface area contributed by atoms with E-state index in [1.54, 1.807) is 18.3 Å². The Morgan fingerprint density at radius 3 is 3.07 bits per heavy atom. The van der Waals surface area contributed by atoms with Gasteiger partial charge in [-0.15, -0.1) is 0 Å². The van der Waals surface area contributed by atoms with E-state index in [0.717, 1.165) is 6.42 Å². The van der Waals surface area contributed by atoms with E-state index in [-0.39, 0.29) is 6.42 Å². The quantitative estimate of drug-likeness (QED) is 0.688. The summed E-state index contributed by atoms with van der Waals surface area (Å²) >= 11 is 0. The number of rotatable bonds is 1. The van der Waals surface area contributed by atoms with Crippen LogP contribution in [0.2, 0.25) is 0 Å². The van der Waals surface area contributed by atoms with Gasteiger partial charge in [0.15, 0.2) is 5.60 Å². The third-order valence-electron chi connectivity index (χ3n) is 2.64. The minimum Gasteiger partial charge on any atom is -0.479 e. The maximum atomic E-state index is 11.0. The van der Waals surface area contributed by atoms with Crippen molar-refractivity contribution in [1.29, 1.82) is 0 Å². The maximum Gasteiger partial charge on any atom is 0.340 e. The van der Waals surface area contributed by atoms with E-state index >= 15 is 0 Å². The lowest BCUT2D eigenvalue weighted by molar-refractivity contribution is -0.161. The van der Waals surface area contributed by atoms with E-state index in [4.69, 9.17) is 5.11 Å². The smallest absolute Gasteiger partial charge is 0.340 e. The van der Waals surface area contributed by atoms with Crippen molar-refractivity contribution in [2.45, 2.75) is 24.9 Å². The number of hydrogen-bond acceptors (Lipinski definition) is 3. The fourth-order valence-electron chi connectivity index (χ4n) is 1.88. The van der Waals surface area contributed by atoms with Gasteiger partial charge in [0.05, 0.1) is 0 Å². The molecule has 2 rings (SSSR count). The molecule has 0 aromatic carbocycles. The number of aliphatic carboxylic acids is 1. The van der Waals surface area contributed by atoms with Gasteiger partial charge in [-0.3, -0.25) is 4.98 Å². The van der Waals surface area contributed by atoms with Crippen LogP contribution in [-0.4, -0.2) is 21.2 Å². The molecule has 0 saturated heterocycles. The van der Waals surface area contributed by atoms with Crippen molar-refractivity contribution < 1.29 is 15.0 Å². The SMILES string of the molecule is O=C(O)[C@]1(O)CCCc2ncccc21. The Morgan fingerprint density at radius 1 is 1.57 bits per heavy atom. The Kier molecular flexibility index (Phi) is 2.00. The van der Waals surface area contributed by atoms with Crippen molar-refractivity contribution in [2.75, 3.05) is 0 Å². The Bertz CT molecular complexity index is 377. The fraction of sp³-hybridized carbons (Fsp3) is 0.400. The molecule has 1 atom stereocenters. The number of aromatic nitrogens is 1. The standard InChI is InChI=1S/C10H11NO3/c12-9(13)10(14)5-1-4-8-7(10)3-2-6-11-8/h2-3,6,14H,1,4-5H2,(H,12,13)/t10-/m0/s1. The summed E-state index contributed by atoms with van der Waals surface area (Å²) in [5, 5.41) is 18.9. The highest BCUT2D eigenvalue weighted by atomic mass is 16.4. The zero-order chi connectivity index (χ0) is 10.2. The molecule has 74 valence electrons. The van der Waals surface area contributed by atoms with Crippen LogP contribution in [0.4, 0.5) is 0 Å². The van der Waals surface area contributed by atoms with Gasteiger partial charge in [0.25, 0.3) is 0 Å². The lowest BCUT2D eigenvalue weighted by Gasteiger charge is -2.29. The van der Waals surface area contributed by atoms with Gasteiger partial charge < -0.3 is 10.2 Å². The van der Waals surface area contributed by atoms with E-state index in [9.17, 15) is 9.90 Å². The first-order chi connectivity index (χ1) is 6.64. The molecular weight excluding hydrogens is 182 g/mol. The van der Waals surface area contributed by atoms with Gasteiger partial charge in [0.2, 0.25) is 0 Å². The predicted octanol–water partition coefficient (Wildman–Crippen LogP) is 0.690. The Labute approximate surface area is 81.2 Å². The largest absolute Gasteiger partial charge is 0.479 e. The van der Waals surface area contributed by atoms with Crippen LogP contribution >= 0.6 is 0 Å². The minimum atomic E-state index is -1.73. The Balaban J connectivity index is 2.55. The lowest BCUT2D eigenvalue weighted by atomic mass is 9.82. The second kappa shape index (κ2) is 3.06. The molecule has 1 aliphatic rings. The van der Waals surface area contributed by atoms with E-state index < -0.39 is 11.6 Å². The van der Waals surface area contributed by atoms with Crippen LogP contribution < -0.4 is 0 Å². The molecule has 4 heteroatoms. The van der Waals surface area contributed by atoms with Gasteiger partial charge in [-0.2, -0.15) is 0 Å². The van der Waals surface area contributed by atoms with Crippen molar-refractivity contribution in [3.63, 3.8) is 0 Å². The number of aryl methyl sites for hydroxylation is 1. The molecule has 1 aliphatic carbocycles. The van der Waals surface area contributed by atoms with Crippen LogP contribution in [0.5, 0.6) is 0 Å². The molecule has 4 nitrogen and oxygen atoms in total. The third-order valence-corrected chi connectivity index (χ3v) is 2.64. The second-order valence-electron chi connectivity index (χ2n) is 3.52. The lowest BCUT2D eigenvalue weighted by Crippen LogP contribution is -2.39. The molecule has 0 unspecified atom stereocenters. The highest BCUT2D eigenvalue weighted by Crippen LogP contribution is 2.34. The van der Waals surface area contributed by atoms with Crippen LogP contribution in [0.15, 0.2) is 18.3 Å². The minimum absolute atomic E-state index is 0.265. The highest BCUT2D eigenvalue weighted by molar-refractivity contribution is 5.79. The Hall–Kier alpha value is -1.42. The average Bonchev–Trinajstić information content (AvgIpc) is 2.18.